The molecule has 2 aliphatic carbocycles. The zero-order valence-electron chi connectivity index (χ0n) is 21.8. The minimum absolute atomic E-state index is 0.187. The SMILES string of the molecule is COc1ccc(NC2=C(C(=[N-])C(N)=O)C3(CC3)CN(c3ccc(C4(CN5CCCC5)CC4)cc3)C2=O)cc1. The van der Waals surface area contributed by atoms with Gasteiger partial charge in [-0.15, -0.1) is 0 Å². The number of nitrogens with zero attached hydrogens (tertiary/aromatic N) is 3. The maximum Gasteiger partial charge on any atom is 0.274 e. The van der Waals surface area contributed by atoms with Gasteiger partial charge in [-0.05, 0) is 99.1 Å². The van der Waals surface area contributed by atoms with Crippen LogP contribution in [0.3, 0.4) is 0 Å². The fourth-order valence-corrected chi connectivity index (χ4v) is 6.21. The van der Waals surface area contributed by atoms with Gasteiger partial charge in [0.2, 0.25) is 5.91 Å². The zero-order valence-corrected chi connectivity index (χ0v) is 21.8. The van der Waals surface area contributed by atoms with E-state index in [1.54, 1.807) is 36.3 Å². The molecule has 0 bridgehead atoms. The van der Waals surface area contributed by atoms with Crippen molar-refractivity contribution >= 4 is 28.9 Å². The molecule has 2 aromatic rings. The number of anilines is 2. The molecule has 4 aliphatic rings. The number of benzene rings is 2. The van der Waals surface area contributed by atoms with Gasteiger partial charge >= 0.3 is 0 Å². The lowest BCUT2D eigenvalue weighted by Gasteiger charge is -2.38. The van der Waals surface area contributed by atoms with E-state index in [4.69, 9.17) is 10.5 Å². The van der Waals surface area contributed by atoms with Gasteiger partial charge in [0.1, 0.15) is 11.4 Å². The van der Waals surface area contributed by atoms with Crippen LogP contribution >= 0.6 is 0 Å². The van der Waals surface area contributed by atoms with Gasteiger partial charge in [-0.3, -0.25) is 9.59 Å². The van der Waals surface area contributed by atoms with Crippen LogP contribution in [0.15, 0.2) is 59.8 Å². The van der Waals surface area contributed by atoms with Crippen molar-refractivity contribution in [3.05, 3.63) is 70.8 Å². The molecule has 2 aliphatic heterocycles. The number of methoxy groups -OCH3 is 1. The van der Waals surface area contributed by atoms with Crippen molar-refractivity contribution in [2.24, 2.45) is 11.1 Å². The van der Waals surface area contributed by atoms with Crippen LogP contribution in [0.2, 0.25) is 0 Å². The standard InChI is InChI=1S/C30H34N5O3/c1-38-23-10-6-21(7-11-23)33-26-24(25(31)27(32)36)30(14-15-30)19-35(28(26)37)22-8-4-20(5-9-22)29(12-13-29)18-34-16-2-3-17-34/h4-11,33H,2-3,12-19H2,1H3,(H2,32,36)/q-1. The summed E-state index contributed by atoms with van der Waals surface area (Å²) in [5, 5.41) is 13.9. The lowest BCUT2D eigenvalue weighted by molar-refractivity contribution is -0.115. The van der Waals surface area contributed by atoms with E-state index in [1.165, 1.54) is 44.3 Å². The number of rotatable bonds is 9. The highest BCUT2D eigenvalue weighted by molar-refractivity contribution is 6.48. The van der Waals surface area contributed by atoms with Gasteiger partial charge < -0.3 is 31.0 Å². The Morgan fingerprint density at radius 3 is 2.24 bits per heavy atom. The van der Waals surface area contributed by atoms with Gasteiger partial charge in [0.15, 0.2) is 0 Å². The third kappa shape index (κ3) is 4.36. The van der Waals surface area contributed by atoms with Crippen molar-refractivity contribution in [3.63, 3.8) is 0 Å². The Hall–Kier alpha value is -3.65. The average molecular weight is 513 g/mol. The Bertz CT molecular complexity index is 1300. The quantitative estimate of drug-likeness (QED) is 0.497. The normalized spacial score (nSPS) is 21.5. The molecule has 1 spiro atoms. The van der Waals surface area contributed by atoms with Gasteiger partial charge in [0.05, 0.1) is 7.11 Å². The summed E-state index contributed by atoms with van der Waals surface area (Å²) in [4.78, 5) is 30.3. The molecule has 0 unspecified atom stereocenters. The highest BCUT2D eigenvalue weighted by Gasteiger charge is 2.54. The van der Waals surface area contributed by atoms with E-state index in [9.17, 15) is 15.0 Å². The van der Waals surface area contributed by atoms with E-state index >= 15 is 0 Å². The minimum Gasteiger partial charge on any atom is -0.799 e. The molecule has 198 valence electrons. The van der Waals surface area contributed by atoms with Crippen LogP contribution in [0.25, 0.3) is 5.41 Å². The maximum absolute atomic E-state index is 13.9. The number of hydrogen-bond donors (Lipinski definition) is 2. The minimum atomic E-state index is -0.932. The van der Waals surface area contributed by atoms with Crippen LogP contribution in [0.4, 0.5) is 11.4 Å². The van der Waals surface area contributed by atoms with Crippen molar-refractivity contribution < 1.29 is 14.3 Å². The number of primary amides is 1. The van der Waals surface area contributed by atoms with Crippen LogP contribution in [-0.2, 0) is 15.0 Å². The van der Waals surface area contributed by atoms with Gasteiger partial charge in [-0.25, -0.2) is 0 Å². The summed E-state index contributed by atoms with van der Waals surface area (Å²) in [5.74, 6) is -0.546. The molecule has 38 heavy (non-hydrogen) atoms. The Balaban J connectivity index is 1.31. The largest absolute Gasteiger partial charge is 0.799 e. The topological polar surface area (TPSA) is 110 Å². The van der Waals surface area contributed by atoms with Gasteiger partial charge in [-0.2, -0.15) is 0 Å². The number of carbonyl (C=O) groups is 2. The summed E-state index contributed by atoms with van der Waals surface area (Å²) in [7, 11) is 1.59. The second-order valence-electron chi connectivity index (χ2n) is 11.3. The van der Waals surface area contributed by atoms with Crippen molar-refractivity contribution in [2.75, 3.05) is 43.5 Å². The first-order chi connectivity index (χ1) is 18.3. The second-order valence-corrected chi connectivity index (χ2v) is 11.3. The van der Waals surface area contributed by atoms with Crippen molar-refractivity contribution in [1.29, 1.82) is 0 Å². The van der Waals surface area contributed by atoms with Crippen LogP contribution in [0.5, 0.6) is 5.75 Å². The fraction of sp³-hybridized carbons (Fsp3) is 0.433. The van der Waals surface area contributed by atoms with E-state index in [0.717, 1.165) is 25.1 Å². The van der Waals surface area contributed by atoms with Gasteiger partial charge in [0.25, 0.3) is 5.91 Å². The molecular formula is C30H34N5O3-. The van der Waals surface area contributed by atoms with E-state index in [1.807, 2.05) is 12.1 Å². The smallest absolute Gasteiger partial charge is 0.274 e. The molecule has 2 saturated carbocycles. The molecule has 8 nitrogen and oxygen atoms in total. The Morgan fingerprint density at radius 2 is 1.68 bits per heavy atom. The molecule has 3 N–H and O–H groups in total. The zero-order chi connectivity index (χ0) is 26.5. The summed E-state index contributed by atoms with van der Waals surface area (Å²) < 4.78 is 5.24. The highest BCUT2D eigenvalue weighted by atomic mass is 16.5. The molecule has 3 fully saturated rings. The average Bonchev–Trinajstić information content (AvgIpc) is 3.83. The fourth-order valence-electron chi connectivity index (χ4n) is 6.21. The van der Waals surface area contributed by atoms with E-state index in [2.05, 4.69) is 22.3 Å². The molecule has 2 aromatic carbocycles. The Kier molecular flexibility index (Phi) is 6.02. The molecule has 8 heteroatoms. The number of nitrogens with two attached hydrogens (primary N) is 1. The first kappa shape index (κ1) is 24.7. The first-order valence-corrected chi connectivity index (χ1v) is 13.5. The van der Waals surface area contributed by atoms with E-state index in [-0.39, 0.29) is 17.0 Å². The summed E-state index contributed by atoms with van der Waals surface area (Å²) in [6, 6.07) is 15.6. The summed E-state index contributed by atoms with van der Waals surface area (Å²) in [6.07, 6.45) is 6.51. The maximum atomic E-state index is 13.9. The summed E-state index contributed by atoms with van der Waals surface area (Å²) in [5.41, 5.74) is 7.99. The van der Waals surface area contributed by atoms with Gasteiger partial charge in [0, 0.05) is 35.3 Å². The predicted molar refractivity (Wildman–Crippen MR) is 148 cm³/mol. The third-order valence-corrected chi connectivity index (χ3v) is 8.75. The van der Waals surface area contributed by atoms with E-state index < -0.39 is 17.0 Å². The van der Waals surface area contributed by atoms with Crippen LogP contribution in [0.1, 0.15) is 44.1 Å². The van der Waals surface area contributed by atoms with Crippen molar-refractivity contribution in [1.82, 2.24) is 4.90 Å². The molecule has 1 saturated heterocycles. The predicted octanol–water partition coefficient (Wildman–Crippen LogP) is 3.81. The molecule has 2 heterocycles. The Labute approximate surface area is 223 Å². The summed E-state index contributed by atoms with van der Waals surface area (Å²) >= 11 is 0. The first-order valence-electron chi connectivity index (χ1n) is 13.5. The molecule has 6 rings (SSSR count). The third-order valence-electron chi connectivity index (χ3n) is 8.75. The van der Waals surface area contributed by atoms with Crippen LogP contribution in [-0.4, -0.2) is 55.7 Å². The van der Waals surface area contributed by atoms with Crippen molar-refractivity contribution in [3.8, 4) is 5.75 Å². The second kappa shape index (κ2) is 9.27. The lowest BCUT2D eigenvalue weighted by atomic mass is 9.84. The number of likely N-dealkylation sites (tertiary alicyclic amines) is 1. The lowest BCUT2D eigenvalue weighted by Crippen LogP contribution is -2.47. The van der Waals surface area contributed by atoms with Crippen LogP contribution in [0, 0.1) is 5.41 Å². The molecule has 0 aromatic heterocycles. The number of amides is 2. The number of nitrogens with one attached hydrogen (secondary N) is 1. The van der Waals surface area contributed by atoms with Crippen LogP contribution < -0.4 is 20.7 Å². The molecule has 2 amide bonds. The molecular weight excluding hydrogens is 478 g/mol. The molecule has 0 atom stereocenters. The highest BCUT2D eigenvalue weighted by Crippen LogP contribution is 2.56. The number of carbonyl (C=O) groups excluding carboxylic acids is 2. The van der Waals surface area contributed by atoms with Gasteiger partial charge in [-0.1, -0.05) is 17.8 Å². The van der Waals surface area contributed by atoms with E-state index in [0.29, 0.717) is 23.6 Å². The Morgan fingerprint density at radius 1 is 1.03 bits per heavy atom. The van der Waals surface area contributed by atoms with Crippen molar-refractivity contribution in [2.45, 2.75) is 43.9 Å². The molecule has 0 radical (unpaired) electrons. The number of hydrogen-bond acceptors (Lipinski definition) is 5. The number of ether oxygens (including phenoxy) is 1. The summed E-state index contributed by atoms with van der Waals surface area (Å²) in [6.45, 7) is 3.89. The monoisotopic (exact) mass is 512 g/mol.